The van der Waals surface area contributed by atoms with Gasteiger partial charge in [0, 0.05) is 42.8 Å². The smallest absolute Gasteiger partial charge is 0.400 e. The second-order valence-corrected chi connectivity index (χ2v) is 9.50. The molecule has 6 N–H and O–H groups in total. The number of anilines is 4. The standard InChI is InChI=1S/C27H29F3N8O/c1-33-14-19(31)15-37(32)21-7-3-6-20(13-21)34-26(39)38-22-10-11-36(16-22)24-9-8-23(35-25(24)38)17-4-2-5-18(12-17)27(28,29)30/h2-9,12-13,15,22,33H,10-11,14,16,31-32H2,1H3,(H,34,39)/b19-15-/t22-/m0/s1. The molecule has 12 heteroatoms. The Bertz CT molecular complexity index is 1410. The normalized spacial score (nSPS) is 16.7. The zero-order valence-electron chi connectivity index (χ0n) is 21.2. The largest absolute Gasteiger partial charge is 0.416 e. The van der Waals surface area contributed by atoms with E-state index in [1.54, 1.807) is 54.5 Å². The van der Waals surface area contributed by atoms with Gasteiger partial charge in [-0.15, -0.1) is 0 Å². The molecule has 9 nitrogen and oxygen atoms in total. The molecule has 2 aromatic carbocycles. The van der Waals surface area contributed by atoms with Crippen molar-refractivity contribution in [1.82, 2.24) is 10.3 Å². The van der Waals surface area contributed by atoms with E-state index in [0.717, 1.165) is 30.8 Å². The van der Waals surface area contributed by atoms with Crippen LogP contribution >= 0.6 is 0 Å². The van der Waals surface area contributed by atoms with Crippen LogP contribution in [0.2, 0.25) is 0 Å². The van der Waals surface area contributed by atoms with Crippen LogP contribution in [0.15, 0.2) is 72.6 Å². The van der Waals surface area contributed by atoms with Gasteiger partial charge in [0.05, 0.1) is 28.7 Å². The third-order valence-corrected chi connectivity index (χ3v) is 6.74. The number of hydrazine groups is 1. The number of likely N-dealkylation sites (N-methyl/N-ethyl adjacent to an activating group) is 1. The highest BCUT2D eigenvalue weighted by atomic mass is 19.4. The Morgan fingerprint density at radius 3 is 2.74 bits per heavy atom. The zero-order chi connectivity index (χ0) is 27.7. The van der Waals surface area contributed by atoms with Crippen molar-refractivity contribution in [1.29, 1.82) is 0 Å². The lowest BCUT2D eigenvalue weighted by Gasteiger charge is -2.36. The molecule has 2 bridgehead atoms. The lowest BCUT2D eigenvalue weighted by atomic mass is 10.1. The Balaban J connectivity index is 1.43. The highest BCUT2D eigenvalue weighted by Crippen LogP contribution is 2.41. The quantitative estimate of drug-likeness (QED) is 0.276. The summed E-state index contributed by atoms with van der Waals surface area (Å²) in [6.45, 7) is 1.87. The van der Waals surface area contributed by atoms with Crippen molar-refractivity contribution in [2.45, 2.75) is 18.6 Å². The number of nitrogens with one attached hydrogen (secondary N) is 2. The molecule has 3 aromatic rings. The van der Waals surface area contributed by atoms with E-state index in [0.29, 0.717) is 47.2 Å². The maximum atomic E-state index is 13.6. The summed E-state index contributed by atoms with van der Waals surface area (Å²) in [4.78, 5) is 22.1. The molecule has 1 fully saturated rings. The number of nitrogens with zero attached hydrogens (tertiary/aromatic N) is 4. The van der Waals surface area contributed by atoms with Crippen LogP contribution in [0.25, 0.3) is 11.3 Å². The molecular weight excluding hydrogens is 509 g/mol. The van der Waals surface area contributed by atoms with Gasteiger partial charge < -0.3 is 21.3 Å². The predicted molar refractivity (Wildman–Crippen MR) is 146 cm³/mol. The molecule has 0 radical (unpaired) electrons. The number of alkyl halides is 3. The van der Waals surface area contributed by atoms with Gasteiger partial charge in [-0.1, -0.05) is 18.2 Å². The number of nitrogens with two attached hydrogens (primary N) is 2. The van der Waals surface area contributed by atoms with E-state index in [1.165, 1.54) is 11.1 Å². The molecule has 1 atom stereocenters. The van der Waals surface area contributed by atoms with Gasteiger partial charge in [-0.2, -0.15) is 13.2 Å². The number of benzene rings is 2. The maximum Gasteiger partial charge on any atom is 0.416 e. The van der Waals surface area contributed by atoms with E-state index in [1.807, 2.05) is 6.07 Å². The van der Waals surface area contributed by atoms with E-state index in [2.05, 4.69) is 20.5 Å². The lowest BCUT2D eigenvalue weighted by molar-refractivity contribution is -0.137. The van der Waals surface area contributed by atoms with Crippen molar-refractivity contribution in [2.24, 2.45) is 11.6 Å². The number of carbonyl (C=O) groups excluding carboxylic acids is 1. The minimum atomic E-state index is -4.47. The van der Waals surface area contributed by atoms with Crippen LogP contribution in [-0.2, 0) is 6.18 Å². The highest BCUT2D eigenvalue weighted by Gasteiger charge is 2.40. The molecule has 1 aromatic heterocycles. The average molecular weight is 539 g/mol. The Morgan fingerprint density at radius 2 is 1.97 bits per heavy atom. The third-order valence-electron chi connectivity index (χ3n) is 6.74. The van der Waals surface area contributed by atoms with Gasteiger partial charge in [0.2, 0.25) is 0 Å². The van der Waals surface area contributed by atoms with Crippen LogP contribution in [0.1, 0.15) is 12.0 Å². The van der Waals surface area contributed by atoms with Crippen molar-refractivity contribution >= 4 is 28.9 Å². The first-order chi connectivity index (χ1) is 18.6. The molecule has 3 heterocycles. The first-order valence-electron chi connectivity index (χ1n) is 12.4. The molecule has 39 heavy (non-hydrogen) atoms. The zero-order valence-corrected chi connectivity index (χ0v) is 21.2. The van der Waals surface area contributed by atoms with Crippen molar-refractivity contribution < 1.29 is 18.0 Å². The van der Waals surface area contributed by atoms with Crippen LogP contribution in [-0.4, -0.2) is 43.7 Å². The molecule has 0 unspecified atom stereocenters. The van der Waals surface area contributed by atoms with Gasteiger partial charge in [0.25, 0.3) is 0 Å². The highest BCUT2D eigenvalue weighted by molar-refractivity contribution is 6.05. The van der Waals surface area contributed by atoms with Crippen molar-refractivity contribution in [3.05, 3.63) is 78.1 Å². The lowest BCUT2D eigenvalue weighted by Crippen LogP contribution is -2.48. The van der Waals surface area contributed by atoms with Crippen LogP contribution in [0.5, 0.6) is 0 Å². The molecule has 5 rings (SSSR count). The van der Waals surface area contributed by atoms with Gasteiger partial charge in [-0.3, -0.25) is 9.91 Å². The number of rotatable bonds is 6. The molecule has 2 aliphatic rings. The number of carbonyl (C=O) groups is 1. The van der Waals surface area contributed by atoms with Gasteiger partial charge >= 0.3 is 12.2 Å². The summed E-state index contributed by atoms with van der Waals surface area (Å²) in [5.41, 5.74) is 8.29. The predicted octanol–water partition coefficient (Wildman–Crippen LogP) is 4.10. The maximum absolute atomic E-state index is 13.6. The second-order valence-electron chi connectivity index (χ2n) is 9.50. The van der Waals surface area contributed by atoms with Crippen LogP contribution in [0.4, 0.5) is 40.8 Å². The Labute approximate surface area is 223 Å². The summed E-state index contributed by atoms with van der Waals surface area (Å²) in [7, 11) is 1.78. The van der Waals surface area contributed by atoms with Crippen molar-refractivity contribution in [2.75, 3.05) is 46.8 Å². The van der Waals surface area contributed by atoms with Gasteiger partial charge in [-0.05, 0) is 55.9 Å². The fourth-order valence-corrected chi connectivity index (χ4v) is 4.92. The molecule has 0 aliphatic carbocycles. The molecule has 0 spiro atoms. The first kappa shape index (κ1) is 26.3. The van der Waals surface area contributed by atoms with Gasteiger partial charge in [0.1, 0.15) is 0 Å². The second kappa shape index (κ2) is 10.5. The van der Waals surface area contributed by atoms with E-state index in [9.17, 15) is 18.0 Å². The molecule has 2 aliphatic heterocycles. The Hall–Kier alpha value is -4.29. The number of amides is 2. The number of urea groups is 1. The van der Waals surface area contributed by atoms with E-state index in [-0.39, 0.29) is 12.1 Å². The summed E-state index contributed by atoms with van der Waals surface area (Å²) in [5.74, 6) is 6.54. The fourth-order valence-electron chi connectivity index (χ4n) is 4.92. The Morgan fingerprint density at radius 1 is 1.18 bits per heavy atom. The molecular formula is C27H29F3N8O. The summed E-state index contributed by atoms with van der Waals surface area (Å²) in [6.07, 6.45) is -2.14. The molecule has 2 amide bonds. The summed E-state index contributed by atoms with van der Waals surface area (Å²) in [5, 5.41) is 7.25. The van der Waals surface area contributed by atoms with E-state index < -0.39 is 11.7 Å². The average Bonchev–Trinajstić information content (AvgIpc) is 3.32. The van der Waals surface area contributed by atoms with Crippen molar-refractivity contribution in [3.8, 4) is 11.3 Å². The number of pyridine rings is 1. The summed E-state index contributed by atoms with van der Waals surface area (Å²) < 4.78 is 39.9. The van der Waals surface area contributed by atoms with Crippen LogP contribution in [0, 0.1) is 0 Å². The molecule has 1 saturated heterocycles. The topological polar surface area (TPSA) is 116 Å². The first-order valence-corrected chi connectivity index (χ1v) is 12.4. The van der Waals surface area contributed by atoms with E-state index >= 15 is 0 Å². The molecule has 204 valence electrons. The number of halogens is 3. The molecule has 0 saturated carbocycles. The number of hydrogen-bond acceptors (Lipinski definition) is 7. The van der Waals surface area contributed by atoms with Crippen molar-refractivity contribution in [3.63, 3.8) is 0 Å². The van der Waals surface area contributed by atoms with Crippen LogP contribution < -0.4 is 37.0 Å². The minimum Gasteiger partial charge on any atom is -0.400 e. The van der Waals surface area contributed by atoms with Gasteiger partial charge in [-0.25, -0.2) is 15.6 Å². The number of fused-ring (bicyclic) bond motifs is 4. The fraction of sp³-hybridized carbons (Fsp3) is 0.259. The number of hydrogen-bond donors (Lipinski definition) is 4. The third kappa shape index (κ3) is 5.47. The monoisotopic (exact) mass is 538 g/mol. The number of aromatic nitrogens is 1. The Kier molecular flexibility index (Phi) is 7.06. The summed E-state index contributed by atoms with van der Waals surface area (Å²) >= 11 is 0. The van der Waals surface area contributed by atoms with Gasteiger partial charge in [0.15, 0.2) is 5.82 Å². The van der Waals surface area contributed by atoms with Crippen LogP contribution in [0.3, 0.4) is 0 Å². The van der Waals surface area contributed by atoms with E-state index in [4.69, 9.17) is 11.6 Å². The SMILES string of the molecule is CNC/C(N)=C/N(N)c1cccc(NC(=O)N2c3nc(-c4cccc(C(F)(F)F)c4)ccc3N3CC[C@H]2C3)c1. The minimum absolute atomic E-state index is 0.125. The summed E-state index contributed by atoms with van der Waals surface area (Å²) in [6, 6.07) is 15.0.